The highest BCUT2D eigenvalue weighted by molar-refractivity contribution is 5.77. The zero-order valence-electron chi connectivity index (χ0n) is 12.1. The maximum atomic E-state index is 11.7. The summed E-state index contributed by atoms with van der Waals surface area (Å²) in [7, 11) is 1.93. The van der Waals surface area contributed by atoms with Crippen LogP contribution in [0.3, 0.4) is 0 Å². The Labute approximate surface area is 123 Å². The van der Waals surface area contributed by atoms with Crippen LogP contribution in [-0.4, -0.2) is 28.6 Å². The van der Waals surface area contributed by atoms with E-state index in [1.165, 1.54) is 0 Å². The third-order valence-corrected chi connectivity index (χ3v) is 3.12. The summed E-state index contributed by atoms with van der Waals surface area (Å²) >= 11 is 0. The van der Waals surface area contributed by atoms with E-state index in [9.17, 15) is 4.79 Å². The number of hydrogen-bond donors (Lipinski definition) is 2. The van der Waals surface area contributed by atoms with Gasteiger partial charge in [-0.3, -0.25) is 4.79 Å². The summed E-state index contributed by atoms with van der Waals surface area (Å²) in [5, 5.41) is 2.80. The molecule has 1 aromatic carbocycles. The van der Waals surface area contributed by atoms with Gasteiger partial charge in [0.2, 0.25) is 0 Å². The molecule has 0 aliphatic carbocycles. The molecule has 0 bridgehead atoms. The molecule has 0 saturated carbocycles. The normalized spacial score (nSPS) is 10.4. The molecule has 1 amide bonds. The van der Waals surface area contributed by atoms with Gasteiger partial charge in [-0.2, -0.15) is 0 Å². The monoisotopic (exact) mass is 288 g/mol. The highest BCUT2D eigenvalue weighted by Crippen LogP contribution is 2.11. The molecule has 1 aromatic heterocycles. The number of rotatable bonds is 7. The summed E-state index contributed by atoms with van der Waals surface area (Å²) in [6, 6.07) is 7.38. The Bertz CT molecular complexity index is 578. The lowest BCUT2D eigenvalue weighted by Crippen LogP contribution is -2.31. The van der Waals surface area contributed by atoms with Gasteiger partial charge in [-0.1, -0.05) is 12.1 Å². The molecule has 2 rings (SSSR count). The molecule has 0 radical (unpaired) electrons. The van der Waals surface area contributed by atoms with Gasteiger partial charge in [-0.15, -0.1) is 0 Å². The first-order chi connectivity index (χ1) is 10.2. The van der Waals surface area contributed by atoms with Crippen LogP contribution in [0.2, 0.25) is 0 Å². The van der Waals surface area contributed by atoms with Gasteiger partial charge >= 0.3 is 0 Å². The summed E-state index contributed by atoms with van der Waals surface area (Å²) in [6.07, 6.45) is 4.32. The second kappa shape index (κ2) is 7.44. The van der Waals surface area contributed by atoms with Gasteiger partial charge in [-0.25, -0.2) is 4.98 Å². The number of nitrogens with two attached hydrogens (primary N) is 1. The summed E-state index contributed by atoms with van der Waals surface area (Å²) in [4.78, 5) is 15.9. The predicted molar refractivity (Wildman–Crippen MR) is 79.8 cm³/mol. The average Bonchev–Trinajstić information content (AvgIpc) is 2.91. The Balaban J connectivity index is 1.68. The molecule has 0 aliphatic heterocycles. The van der Waals surface area contributed by atoms with Gasteiger partial charge < -0.3 is 20.4 Å². The molecule has 0 spiro atoms. The smallest absolute Gasteiger partial charge is 0.257 e. The zero-order chi connectivity index (χ0) is 15.1. The van der Waals surface area contributed by atoms with Crippen molar-refractivity contribution in [3.05, 3.63) is 48.0 Å². The number of aromatic nitrogens is 2. The van der Waals surface area contributed by atoms with E-state index in [1.807, 2.05) is 42.1 Å². The van der Waals surface area contributed by atoms with Crippen LogP contribution in [0.1, 0.15) is 11.4 Å². The first kappa shape index (κ1) is 15.1. The fraction of sp³-hybridized carbons (Fsp3) is 0.333. The van der Waals surface area contributed by atoms with Gasteiger partial charge in [0.05, 0.1) is 0 Å². The molecule has 2 aromatic rings. The summed E-state index contributed by atoms with van der Waals surface area (Å²) in [5.41, 5.74) is 6.55. The fourth-order valence-corrected chi connectivity index (χ4v) is 1.87. The fourth-order valence-electron chi connectivity index (χ4n) is 1.87. The lowest BCUT2D eigenvalue weighted by molar-refractivity contribution is -0.123. The van der Waals surface area contributed by atoms with Crippen molar-refractivity contribution in [1.82, 2.24) is 14.9 Å². The van der Waals surface area contributed by atoms with Crippen LogP contribution in [0, 0.1) is 0 Å². The van der Waals surface area contributed by atoms with Crippen molar-refractivity contribution in [2.24, 2.45) is 12.8 Å². The molecule has 112 valence electrons. The Kier molecular flexibility index (Phi) is 5.34. The second-order valence-electron chi connectivity index (χ2n) is 4.69. The maximum absolute atomic E-state index is 11.7. The van der Waals surface area contributed by atoms with E-state index in [0.717, 1.165) is 11.4 Å². The van der Waals surface area contributed by atoms with Crippen molar-refractivity contribution >= 4 is 5.91 Å². The van der Waals surface area contributed by atoms with Gasteiger partial charge in [0.15, 0.2) is 6.61 Å². The summed E-state index contributed by atoms with van der Waals surface area (Å²) in [5.74, 6) is 1.45. The molecule has 6 nitrogen and oxygen atoms in total. The minimum absolute atomic E-state index is 0.00252. The summed E-state index contributed by atoms with van der Waals surface area (Å²) in [6.45, 7) is 1.04. The maximum Gasteiger partial charge on any atom is 0.257 e. The Hall–Kier alpha value is -2.34. The van der Waals surface area contributed by atoms with E-state index < -0.39 is 0 Å². The number of aryl methyl sites for hydroxylation is 1. The number of carbonyl (C=O) groups excluding carboxylic acids is 1. The van der Waals surface area contributed by atoms with Crippen LogP contribution in [0.15, 0.2) is 36.7 Å². The number of carbonyl (C=O) groups is 1. The standard InChI is InChI=1S/C15H20N4O2/c1-19-9-8-17-14(19)6-7-18-15(20)11-21-13-4-2-12(10-16)3-5-13/h2-5,8-9H,6-7,10-11,16H2,1H3,(H,18,20). The molecular formula is C15H20N4O2. The average molecular weight is 288 g/mol. The van der Waals surface area contributed by atoms with Crippen LogP contribution in [0.5, 0.6) is 5.75 Å². The highest BCUT2D eigenvalue weighted by Gasteiger charge is 2.04. The van der Waals surface area contributed by atoms with Crippen LogP contribution in [0.4, 0.5) is 0 Å². The zero-order valence-corrected chi connectivity index (χ0v) is 12.1. The minimum Gasteiger partial charge on any atom is -0.484 e. The van der Waals surface area contributed by atoms with Crippen molar-refractivity contribution in [2.75, 3.05) is 13.2 Å². The molecule has 6 heteroatoms. The molecule has 0 saturated heterocycles. The summed E-state index contributed by atoms with van der Waals surface area (Å²) < 4.78 is 7.34. The Morgan fingerprint density at radius 2 is 2.14 bits per heavy atom. The van der Waals surface area contributed by atoms with Gasteiger partial charge in [0, 0.05) is 39.0 Å². The lowest BCUT2D eigenvalue weighted by atomic mass is 10.2. The topological polar surface area (TPSA) is 82.2 Å². The molecule has 0 aliphatic rings. The van der Waals surface area contributed by atoms with E-state index in [1.54, 1.807) is 6.20 Å². The molecule has 0 fully saturated rings. The predicted octanol–water partition coefficient (Wildman–Crippen LogP) is 0.617. The van der Waals surface area contributed by atoms with E-state index in [0.29, 0.717) is 25.3 Å². The van der Waals surface area contributed by atoms with Gasteiger partial charge in [-0.05, 0) is 17.7 Å². The quantitative estimate of drug-likeness (QED) is 0.782. The highest BCUT2D eigenvalue weighted by atomic mass is 16.5. The van der Waals surface area contributed by atoms with Crippen molar-refractivity contribution in [3.8, 4) is 5.75 Å². The van der Waals surface area contributed by atoms with Crippen LogP contribution in [0.25, 0.3) is 0 Å². The van der Waals surface area contributed by atoms with Crippen molar-refractivity contribution in [2.45, 2.75) is 13.0 Å². The first-order valence-electron chi connectivity index (χ1n) is 6.83. The van der Waals surface area contributed by atoms with Crippen LogP contribution < -0.4 is 15.8 Å². The van der Waals surface area contributed by atoms with Gasteiger partial charge in [0.25, 0.3) is 5.91 Å². The van der Waals surface area contributed by atoms with Crippen molar-refractivity contribution in [3.63, 3.8) is 0 Å². The van der Waals surface area contributed by atoms with Gasteiger partial charge in [0.1, 0.15) is 11.6 Å². The van der Waals surface area contributed by atoms with E-state index in [4.69, 9.17) is 10.5 Å². The number of benzene rings is 1. The molecular weight excluding hydrogens is 268 g/mol. The van der Waals surface area contributed by atoms with E-state index in [2.05, 4.69) is 10.3 Å². The number of imidazole rings is 1. The van der Waals surface area contributed by atoms with E-state index >= 15 is 0 Å². The largest absolute Gasteiger partial charge is 0.484 e. The van der Waals surface area contributed by atoms with Crippen LogP contribution >= 0.6 is 0 Å². The Morgan fingerprint density at radius 1 is 1.38 bits per heavy atom. The lowest BCUT2D eigenvalue weighted by Gasteiger charge is -2.08. The van der Waals surface area contributed by atoms with Crippen molar-refractivity contribution < 1.29 is 9.53 Å². The molecule has 3 N–H and O–H groups in total. The minimum atomic E-state index is -0.146. The third kappa shape index (κ3) is 4.61. The second-order valence-corrected chi connectivity index (χ2v) is 4.69. The van der Waals surface area contributed by atoms with Crippen LogP contribution in [-0.2, 0) is 24.8 Å². The molecule has 21 heavy (non-hydrogen) atoms. The number of ether oxygens (including phenoxy) is 1. The number of nitrogens with zero attached hydrogens (tertiary/aromatic N) is 2. The molecule has 0 unspecified atom stereocenters. The number of amides is 1. The van der Waals surface area contributed by atoms with Crippen molar-refractivity contribution in [1.29, 1.82) is 0 Å². The SMILES string of the molecule is Cn1ccnc1CCNC(=O)COc1ccc(CN)cc1. The number of nitrogens with one attached hydrogen (secondary N) is 1. The van der Waals surface area contributed by atoms with E-state index in [-0.39, 0.29) is 12.5 Å². The third-order valence-electron chi connectivity index (χ3n) is 3.12. The molecule has 1 heterocycles. The number of hydrogen-bond acceptors (Lipinski definition) is 4. The molecule has 0 atom stereocenters. The first-order valence-corrected chi connectivity index (χ1v) is 6.83. The Morgan fingerprint density at radius 3 is 2.76 bits per heavy atom.